The monoisotopic (exact) mass is 467 g/mol. The first-order valence-corrected chi connectivity index (χ1v) is 13.1. The Bertz CT molecular complexity index is 1220. The number of ketones is 1. The summed E-state index contributed by atoms with van der Waals surface area (Å²) in [4.78, 5) is 26.0. The maximum absolute atomic E-state index is 13.1. The van der Waals surface area contributed by atoms with Crippen LogP contribution in [-0.2, 0) is 19.6 Å². The molecule has 5 rings (SSSR count). The second-order valence-corrected chi connectivity index (χ2v) is 11.5. The molecule has 2 saturated carbocycles. The summed E-state index contributed by atoms with van der Waals surface area (Å²) in [5.74, 6) is -0.793. The Morgan fingerprint density at radius 2 is 1.91 bits per heavy atom. The molecule has 3 N–H and O–H groups in total. The van der Waals surface area contributed by atoms with Crippen molar-refractivity contribution in [1.82, 2.24) is 10.0 Å². The van der Waals surface area contributed by atoms with Crippen molar-refractivity contribution in [3.8, 4) is 0 Å². The third kappa shape index (κ3) is 4.29. The number of carbonyl (C=O) groups excluding carboxylic acids is 2. The van der Waals surface area contributed by atoms with Crippen LogP contribution in [0.4, 0.5) is 5.69 Å². The largest absolute Gasteiger partial charge is 0.380 e. The third-order valence-corrected chi connectivity index (χ3v) is 9.05. The summed E-state index contributed by atoms with van der Waals surface area (Å²) in [5, 5.41) is 8.64. The lowest BCUT2D eigenvalue weighted by molar-refractivity contribution is -0.130. The minimum absolute atomic E-state index is 0.0222. The molecule has 3 aliphatic rings. The van der Waals surface area contributed by atoms with Gasteiger partial charge in [-0.3, -0.25) is 14.3 Å². The molecule has 0 radical (unpaired) electrons. The molecule has 2 aromatic carbocycles. The second-order valence-electron chi connectivity index (χ2n) is 9.59. The fourth-order valence-electron chi connectivity index (χ4n) is 4.98. The van der Waals surface area contributed by atoms with Gasteiger partial charge in [-0.2, -0.15) is 0 Å². The molecule has 1 aliphatic heterocycles. The van der Waals surface area contributed by atoms with E-state index in [0.29, 0.717) is 32.2 Å². The molecule has 0 bridgehead atoms. The first-order valence-electron chi connectivity index (χ1n) is 11.5. The van der Waals surface area contributed by atoms with Gasteiger partial charge in [0.15, 0.2) is 5.78 Å². The van der Waals surface area contributed by atoms with Gasteiger partial charge in [-0.15, -0.1) is 6.58 Å². The van der Waals surface area contributed by atoms with Gasteiger partial charge < -0.3 is 10.6 Å². The van der Waals surface area contributed by atoms with Gasteiger partial charge in [-0.05, 0) is 43.1 Å². The molecule has 7 nitrogen and oxygen atoms in total. The highest BCUT2D eigenvalue weighted by Crippen LogP contribution is 2.56. The highest BCUT2D eigenvalue weighted by molar-refractivity contribution is 7.90. The lowest BCUT2D eigenvalue weighted by Crippen LogP contribution is -2.42. The Kier molecular flexibility index (Phi) is 5.53. The molecule has 2 aliphatic carbocycles. The van der Waals surface area contributed by atoms with E-state index in [-0.39, 0.29) is 30.2 Å². The zero-order valence-corrected chi connectivity index (χ0v) is 19.2. The van der Waals surface area contributed by atoms with Crippen molar-refractivity contribution in [3.05, 3.63) is 55.1 Å². The van der Waals surface area contributed by atoms with Crippen LogP contribution in [0.3, 0.4) is 0 Å². The smallest absolute Gasteiger partial charge is 0.240 e. The van der Waals surface area contributed by atoms with E-state index < -0.39 is 26.6 Å². The number of hydrogen-bond donors (Lipinski definition) is 3. The minimum atomic E-state index is -3.65. The maximum Gasteiger partial charge on any atom is 0.240 e. The molecule has 1 unspecified atom stereocenters. The SMILES string of the molecule is C=CC1C[C@]1(CC(=O)[C@@H]1C[C@@H](Nc2cccc3ccccc23)CN1)C(=O)NS(=O)(=O)C1CC1. The van der Waals surface area contributed by atoms with Crippen LogP contribution in [0.5, 0.6) is 0 Å². The van der Waals surface area contributed by atoms with E-state index in [4.69, 9.17) is 0 Å². The summed E-state index contributed by atoms with van der Waals surface area (Å²) >= 11 is 0. The molecular formula is C25H29N3O4S. The van der Waals surface area contributed by atoms with E-state index in [1.807, 2.05) is 24.3 Å². The predicted molar refractivity (Wildman–Crippen MR) is 128 cm³/mol. The number of hydrogen-bond acceptors (Lipinski definition) is 6. The van der Waals surface area contributed by atoms with E-state index >= 15 is 0 Å². The third-order valence-electron chi connectivity index (χ3n) is 7.23. The Morgan fingerprint density at radius 1 is 1.15 bits per heavy atom. The fraction of sp³-hybridized carbons (Fsp3) is 0.440. The minimum Gasteiger partial charge on any atom is -0.380 e. The van der Waals surface area contributed by atoms with Crippen LogP contribution in [0.15, 0.2) is 55.1 Å². The molecule has 0 aromatic heterocycles. The number of nitrogens with one attached hydrogen (secondary N) is 3. The first kappa shape index (κ1) is 22.1. The van der Waals surface area contributed by atoms with Crippen LogP contribution in [0, 0.1) is 11.3 Å². The van der Waals surface area contributed by atoms with E-state index in [9.17, 15) is 18.0 Å². The second kappa shape index (κ2) is 8.25. The molecule has 4 atom stereocenters. The molecule has 1 amide bonds. The summed E-state index contributed by atoms with van der Waals surface area (Å²) in [6.45, 7) is 4.41. The van der Waals surface area contributed by atoms with Gasteiger partial charge in [0.25, 0.3) is 0 Å². The Labute approximate surface area is 194 Å². The van der Waals surface area contributed by atoms with Gasteiger partial charge in [-0.25, -0.2) is 8.42 Å². The van der Waals surface area contributed by atoms with Crippen molar-refractivity contribution in [2.24, 2.45) is 11.3 Å². The number of fused-ring (bicyclic) bond motifs is 1. The molecule has 3 fully saturated rings. The lowest BCUT2D eigenvalue weighted by atomic mass is 9.91. The van der Waals surface area contributed by atoms with Gasteiger partial charge in [0.05, 0.1) is 16.7 Å². The molecule has 174 valence electrons. The number of anilines is 1. The van der Waals surface area contributed by atoms with E-state index in [0.717, 1.165) is 16.5 Å². The van der Waals surface area contributed by atoms with Gasteiger partial charge in [0.2, 0.25) is 15.9 Å². The van der Waals surface area contributed by atoms with Crippen LogP contribution in [0.25, 0.3) is 10.8 Å². The fourth-order valence-corrected chi connectivity index (χ4v) is 6.36. The molecule has 0 spiro atoms. The number of benzene rings is 2. The highest BCUT2D eigenvalue weighted by Gasteiger charge is 2.60. The average molecular weight is 468 g/mol. The van der Waals surface area contributed by atoms with Crippen molar-refractivity contribution in [2.75, 3.05) is 11.9 Å². The number of carbonyl (C=O) groups is 2. The van der Waals surface area contributed by atoms with Crippen LogP contribution in [-0.4, -0.2) is 44.0 Å². The Balaban J connectivity index is 1.23. The normalized spacial score (nSPS) is 28.9. The van der Waals surface area contributed by atoms with E-state index in [2.05, 4.69) is 40.1 Å². The molecule has 1 heterocycles. The number of Topliss-reactive ketones (excluding diaryl/α,β-unsaturated/α-hetero) is 1. The standard InChI is InChI=1S/C25H29N3O4S/c1-2-17-13-25(17,24(30)28-33(31,32)19-10-11-19)14-23(29)22-12-18(15-26-22)27-21-9-5-7-16-6-3-4-8-20(16)21/h2-9,17-19,22,26-27H,1,10-15H2,(H,28,30)/t17?,18-,22+,25-/m1/s1. The predicted octanol–water partition coefficient (Wildman–Crippen LogP) is 2.74. The van der Waals surface area contributed by atoms with Crippen LogP contribution < -0.4 is 15.4 Å². The van der Waals surface area contributed by atoms with Crippen LogP contribution in [0.1, 0.15) is 32.1 Å². The average Bonchev–Trinajstić information content (AvgIpc) is 3.71. The topological polar surface area (TPSA) is 104 Å². The Hall–Kier alpha value is -2.71. The zero-order valence-electron chi connectivity index (χ0n) is 18.4. The highest BCUT2D eigenvalue weighted by atomic mass is 32.2. The molecule has 1 saturated heterocycles. The van der Waals surface area contributed by atoms with Gasteiger partial charge in [-0.1, -0.05) is 42.5 Å². The quantitative estimate of drug-likeness (QED) is 0.490. The van der Waals surface area contributed by atoms with Crippen molar-refractivity contribution in [1.29, 1.82) is 0 Å². The summed E-state index contributed by atoms with van der Waals surface area (Å²) in [7, 11) is -3.65. The van der Waals surface area contributed by atoms with E-state index in [1.165, 1.54) is 0 Å². The van der Waals surface area contributed by atoms with Crippen molar-refractivity contribution < 1.29 is 18.0 Å². The summed E-state index contributed by atoms with van der Waals surface area (Å²) in [6.07, 6.45) is 3.91. The van der Waals surface area contributed by atoms with Gasteiger partial charge >= 0.3 is 0 Å². The molecular weight excluding hydrogens is 438 g/mol. The van der Waals surface area contributed by atoms with Gasteiger partial charge in [0, 0.05) is 30.1 Å². The first-order chi connectivity index (χ1) is 15.8. The van der Waals surface area contributed by atoms with Crippen LogP contribution in [0.2, 0.25) is 0 Å². The van der Waals surface area contributed by atoms with Crippen molar-refractivity contribution >= 4 is 38.2 Å². The van der Waals surface area contributed by atoms with E-state index in [1.54, 1.807) is 6.08 Å². The zero-order chi connectivity index (χ0) is 23.2. The number of allylic oxidation sites excluding steroid dienone is 1. The number of amides is 1. The number of sulfonamides is 1. The molecule has 2 aromatic rings. The summed E-state index contributed by atoms with van der Waals surface area (Å²) in [6, 6.07) is 14.0. The molecule has 8 heteroatoms. The van der Waals surface area contributed by atoms with Gasteiger partial charge in [0.1, 0.15) is 0 Å². The molecule has 33 heavy (non-hydrogen) atoms. The maximum atomic E-state index is 13.1. The summed E-state index contributed by atoms with van der Waals surface area (Å²) in [5.41, 5.74) is 0.0342. The number of rotatable bonds is 9. The lowest BCUT2D eigenvalue weighted by Gasteiger charge is -2.19. The van der Waals surface area contributed by atoms with Crippen molar-refractivity contribution in [3.63, 3.8) is 0 Å². The Morgan fingerprint density at radius 3 is 2.64 bits per heavy atom. The van der Waals surface area contributed by atoms with Crippen molar-refractivity contribution in [2.45, 2.75) is 49.4 Å². The van der Waals surface area contributed by atoms with Crippen LogP contribution >= 0.6 is 0 Å². The summed E-state index contributed by atoms with van der Waals surface area (Å²) < 4.78 is 26.8.